The fourth-order valence-corrected chi connectivity index (χ4v) is 4.52. The zero-order valence-electron chi connectivity index (χ0n) is 13.7. The average Bonchev–Trinajstić information content (AvgIpc) is 3.01. The minimum absolute atomic E-state index is 0.134. The van der Waals surface area contributed by atoms with Gasteiger partial charge in [-0.25, -0.2) is 14.4 Å². The summed E-state index contributed by atoms with van der Waals surface area (Å²) >= 11 is 7.59. The minimum atomic E-state index is -0.463. The molecule has 0 atom stereocenters. The molecular weight excluding hydrogens is 377 g/mol. The molecule has 0 unspecified atom stereocenters. The lowest BCUT2D eigenvalue weighted by atomic mass is 9.97. The summed E-state index contributed by atoms with van der Waals surface area (Å²) in [5.41, 5.74) is 1.58. The van der Waals surface area contributed by atoms with Gasteiger partial charge in [-0.1, -0.05) is 11.6 Å². The van der Waals surface area contributed by atoms with Crippen LogP contribution in [0.1, 0.15) is 23.3 Å². The van der Waals surface area contributed by atoms with Crippen LogP contribution in [0.15, 0.2) is 24.5 Å². The standard InChI is InChI=1S/C18H15ClFN3O2S/c19-12-7-10(20)5-6-13(12)23-15(24)8-25-17-16-11-3-1-2-4-14(11)26-18(16)22-9-21-17/h5-7,9H,1-4,8H2,(H,23,24). The van der Waals surface area contributed by atoms with Crippen molar-refractivity contribution in [2.24, 2.45) is 0 Å². The van der Waals surface area contributed by atoms with Crippen LogP contribution in [0.5, 0.6) is 5.88 Å². The largest absolute Gasteiger partial charge is 0.467 e. The summed E-state index contributed by atoms with van der Waals surface area (Å²) < 4.78 is 18.7. The van der Waals surface area contributed by atoms with Crippen LogP contribution in [-0.4, -0.2) is 22.5 Å². The third-order valence-corrected chi connectivity index (χ3v) is 5.77. The van der Waals surface area contributed by atoms with E-state index in [2.05, 4.69) is 15.3 Å². The molecule has 0 saturated heterocycles. The van der Waals surface area contributed by atoms with Gasteiger partial charge in [0, 0.05) is 4.88 Å². The van der Waals surface area contributed by atoms with Crippen molar-refractivity contribution >= 4 is 44.7 Å². The molecule has 2 aromatic heterocycles. The predicted octanol–water partition coefficient (Wildman–Crippen LogP) is 4.38. The smallest absolute Gasteiger partial charge is 0.262 e. The van der Waals surface area contributed by atoms with Gasteiger partial charge in [0.25, 0.3) is 5.91 Å². The molecule has 0 fully saturated rings. The van der Waals surface area contributed by atoms with Crippen molar-refractivity contribution in [3.8, 4) is 5.88 Å². The molecule has 1 aromatic carbocycles. The molecule has 26 heavy (non-hydrogen) atoms. The number of amides is 1. The second-order valence-electron chi connectivity index (χ2n) is 6.03. The van der Waals surface area contributed by atoms with Crippen molar-refractivity contribution in [3.05, 3.63) is 45.8 Å². The lowest BCUT2D eigenvalue weighted by Crippen LogP contribution is -2.20. The number of benzene rings is 1. The van der Waals surface area contributed by atoms with E-state index in [4.69, 9.17) is 16.3 Å². The number of hydrogen-bond donors (Lipinski definition) is 1. The van der Waals surface area contributed by atoms with Crippen molar-refractivity contribution in [1.29, 1.82) is 0 Å². The minimum Gasteiger partial charge on any atom is -0.467 e. The van der Waals surface area contributed by atoms with E-state index >= 15 is 0 Å². The lowest BCUT2D eigenvalue weighted by molar-refractivity contribution is -0.118. The fourth-order valence-electron chi connectivity index (χ4n) is 3.08. The number of aromatic nitrogens is 2. The first kappa shape index (κ1) is 17.2. The predicted molar refractivity (Wildman–Crippen MR) is 99.6 cm³/mol. The van der Waals surface area contributed by atoms with Gasteiger partial charge >= 0.3 is 0 Å². The van der Waals surface area contributed by atoms with E-state index < -0.39 is 11.7 Å². The molecule has 0 saturated carbocycles. The van der Waals surface area contributed by atoms with Crippen LogP contribution < -0.4 is 10.1 Å². The van der Waals surface area contributed by atoms with Gasteiger partial charge in [0.2, 0.25) is 5.88 Å². The second kappa shape index (κ2) is 7.17. The molecule has 1 amide bonds. The molecular formula is C18H15ClFN3O2S. The van der Waals surface area contributed by atoms with Crippen LogP contribution in [-0.2, 0) is 17.6 Å². The number of halogens is 2. The maximum atomic E-state index is 13.1. The molecule has 1 aliphatic rings. The Morgan fingerprint density at radius 3 is 3.00 bits per heavy atom. The van der Waals surface area contributed by atoms with Gasteiger partial charge < -0.3 is 10.1 Å². The summed E-state index contributed by atoms with van der Waals surface area (Å²) in [5.74, 6) is -0.432. The van der Waals surface area contributed by atoms with Crippen LogP contribution >= 0.6 is 22.9 Å². The van der Waals surface area contributed by atoms with Crippen molar-refractivity contribution in [2.75, 3.05) is 11.9 Å². The Balaban J connectivity index is 1.51. The maximum absolute atomic E-state index is 13.1. The molecule has 4 rings (SSSR count). The molecule has 1 aliphatic carbocycles. The van der Waals surface area contributed by atoms with E-state index in [9.17, 15) is 9.18 Å². The van der Waals surface area contributed by atoms with E-state index in [0.717, 1.165) is 35.5 Å². The molecule has 2 heterocycles. The van der Waals surface area contributed by atoms with Crippen molar-refractivity contribution in [3.63, 3.8) is 0 Å². The number of carbonyl (C=O) groups is 1. The Morgan fingerprint density at radius 2 is 2.15 bits per heavy atom. The summed E-state index contributed by atoms with van der Waals surface area (Å²) in [6.45, 7) is -0.218. The highest BCUT2D eigenvalue weighted by atomic mass is 35.5. The van der Waals surface area contributed by atoms with Gasteiger partial charge in [0.05, 0.1) is 16.1 Å². The van der Waals surface area contributed by atoms with E-state index in [0.29, 0.717) is 11.6 Å². The zero-order chi connectivity index (χ0) is 18.1. The third kappa shape index (κ3) is 3.37. The van der Waals surface area contributed by atoms with Gasteiger partial charge in [-0.15, -0.1) is 11.3 Å². The maximum Gasteiger partial charge on any atom is 0.262 e. The first-order valence-electron chi connectivity index (χ1n) is 8.25. The quantitative estimate of drug-likeness (QED) is 0.716. The van der Waals surface area contributed by atoms with Gasteiger partial charge in [-0.05, 0) is 49.4 Å². The number of fused-ring (bicyclic) bond motifs is 3. The number of thiophene rings is 1. The van der Waals surface area contributed by atoms with Gasteiger partial charge in [-0.2, -0.15) is 0 Å². The van der Waals surface area contributed by atoms with E-state index in [1.54, 1.807) is 11.3 Å². The van der Waals surface area contributed by atoms with E-state index in [-0.39, 0.29) is 11.6 Å². The summed E-state index contributed by atoms with van der Waals surface area (Å²) in [6, 6.07) is 3.78. The van der Waals surface area contributed by atoms with Crippen molar-refractivity contribution in [2.45, 2.75) is 25.7 Å². The Morgan fingerprint density at radius 1 is 1.31 bits per heavy atom. The number of hydrogen-bond acceptors (Lipinski definition) is 5. The zero-order valence-corrected chi connectivity index (χ0v) is 15.3. The van der Waals surface area contributed by atoms with Crippen molar-refractivity contribution < 1.29 is 13.9 Å². The first-order valence-corrected chi connectivity index (χ1v) is 9.44. The Hall–Kier alpha value is -2.25. The second-order valence-corrected chi connectivity index (χ2v) is 7.52. The molecule has 0 aliphatic heterocycles. The average molecular weight is 392 g/mol. The van der Waals surface area contributed by atoms with Crippen LogP contribution in [0.25, 0.3) is 10.2 Å². The number of nitrogens with one attached hydrogen (secondary N) is 1. The van der Waals surface area contributed by atoms with Crippen LogP contribution in [0.2, 0.25) is 5.02 Å². The number of aryl methyl sites for hydroxylation is 2. The molecule has 8 heteroatoms. The Kier molecular flexibility index (Phi) is 4.74. The van der Waals surface area contributed by atoms with Gasteiger partial charge in [0.1, 0.15) is 17.0 Å². The molecule has 1 N–H and O–H groups in total. The van der Waals surface area contributed by atoms with E-state index in [1.165, 1.54) is 35.3 Å². The van der Waals surface area contributed by atoms with E-state index in [1.807, 2.05) is 0 Å². The van der Waals surface area contributed by atoms with Crippen molar-refractivity contribution in [1.82, 2.24) is 9.97 Å². The van der Waals surface area contributed by atoms with Gasteiger partial charge in [-0.3, -0.25) is 4.79 Å². The number of rotatable bonds is 4. The number of anilines is 1. The molecule has 134 valence electrons. The molecule has 0 spiro atoms. The third-order valence-electron chi connectivity index (χ3n) is 4.26. The highest BCUT2D eigenvalue weighted by molar-refractivity contribution is 7.18. The highest BCUT2D eigenvalue weighted by Gasteiger charge is 2.21. The number of carbonyl (C=O) groups excluding carboxylic acids is 1. The van der Waals surface area contributed by atoms with Crippen LogP contribution in [0.4, 0.5) is 10.1 Å². The summed E-state index contributed by atoms with van der Waals surface area (Å²) in [5, 5.41) is 3.66. The summed E-state index contributed by atoms with van der Waals surface area (Å²) in [4.78, 5) is 22.9. The number of nitrogens with zero attached hydrogens (tertiary/aromatic N) is 2. The normalized spacial score (nSPS) is 13.5. The molecule has 0 radical (unpaired) electrons. The molecule has 5 nitrogen and oxygen atoms in total. The fraction of sp³-hybridized carbons (Fsp3) is 0.278. The van der Waals surface area contributed by atoms with Crippen LogP contribution in [0.3, 0.4) is 0 Å². The molecule has 0 bridgehead atoms. The topological polar surface area (TPSA) is 64.1 Å². The Labute approximate surface area is 158 Å². The number of ether oxygens (including phenoxy) is 1. The SMILES string of the molecule is O=C(COc1ncnc2sc3c(c12)CCCC3)Nc1ccc(F)cc1Cl. The summed E-state index contributed by atoms with van der Waals surface area (Å²) in [6.07, 6.45) is 5.81. The summed E-state index contributed by atoms with van der Waals surface area (Å²) in [7, 11) is 0. The molecule has 3 aromatic rings. The first-order chi connectivity index (χ1) is 12.6. The highest BCUT2D eigenvalue weighted by Crippen LogP contribution is 2.38. The lowest BCUT2D eigenvalue weighted by Gasteiger charge is -2.12. The monoisotopic (exact) mass is 391 g/mol. The Bertz CT molecular complexity index is 992. The van der Waals surface area contributed by atoms with Gasteiger partial charge in [0.15, 0.2) is 6.61 Å². The van der Waals surface area contributed by atoms with Crippen LogP contribution in [0, 0.1) is 5.82 Å².